The molecule has 1 N–H and O–H groups in total. The first-order chi connectivity index (χ1) is 11.7. The van der Waals surface area contributed by atoms with Gasteiger partial charge in [0.1, 0.15) is 5.82 Å². The predicted octanol–water partition coefficient (Wildman–Crippen LogP) is 3.37. The number of thiazole rings is 1. The first-order valence-corrected chi connectivity index (χ1v) is 9.32. The predicted molar refractivity (Wildman–Crippen MR) is 98.6 cm³/mol. The molecular formula is C16H17N5OS2. The molecule has 0 saturated heterocycles. The van der Waals surface area contributed by atoms with Gasteiger partial charge in [-0.25, -0.2) is 4.98 Å². The summed E-state index contributed by atoms with van der Waals surface area (Å²) in [4.78, 5) is 16.6. The van der Waals surface area contributed by atoms with Crippen molar-refractivity contribution >= 4 is 44.4 Å². The van der Waals surface area contributed by atoms with E-state index in [9.17, 15) is 4.79 Å². The third kappa shape index (κ3) is 3.65. The average Bonchev–Trinajstić information content (AvgIpc) is 3.16. The Morgan fingerprint density at radius 1 is 1.42 bits per heavy atom. The fourth-order valence-electron chi connectivity index (χ4n) is 2.21. The summed E-state index contributed by atoms with van der Waals surface area (Å²) in [5.41, 5.74) is 0.892. The molecule has 6 nitrogen and oxygen atoms in total. The SMILES string of the molecule is C=CCn1c(CC)nnc1SCC(=O)Nc1nc2ccccc2s1. The number of nitrogens with one attached hydrogen (secondary N) is 1. The Labute approximate surface area is 148 Å². The Morgan fingerprint density at radius 3 is 3.00 bits per heavy atom. The van der Waals surface area contributed by atoms with Crippen LogP contribution in [0.25, 0.3) is 10.2 Å². The summed E-state index contributed by atoms with van der Waals surface area (Å²) in [5, 5.41) is 12.5. The first kappa shape index (κ1) is 16.7. The fourth-order valence-corrected chi connectivity index (χ4v) is 3.86. The van der Waals surface area contributed by atoms with Crippen molar-refractivity contribution in [2.45, 2.75) is 25.0 Å². The zero-order chi connectivity index (χ0) is 16.9. The lowest BCUT2D eigenvalue weighted by molar-refractivity contribution is -0.113. The Balaban J connectivity index is 1.63. The second-order valence-corrected chi connectivity index (χ2v) is 6.95. The van der Waals surface area contributed by atoms with Crippen LogP contribution in [-0.4, -0.2) is 31.4 Å². The normalized spacial score (nSPS) is 10.9. The van der Waals surface area contributed by atoms with Crippen LogP contribution < -0.4 is 5.32 Å². The summed E-state index contributed by atoms with van der Waals surface area (Å²) in [5.74, 6) is 1.05. The zero-order valence-electron chi connectivity index (χ0n) is 13.2. The molecule has 124 valence electrons. The van der Waals surface area contributed by atoms with Crippen molar-refractivity contribution in [3.63, 3.8) is 0 Å². The first-order valence-electron chi connectivity index (χ1n) is 7.52. The van der Waals surface area contributed by atoms with Gasteiger partial charge in [0.25, 0.3) is 0 Å². The summed E-state index contributed by atoms with van der Waals surface area (Å²) >= 11 is 2.83. The number of aromatic nitrogens is 4. The van der Waals surface area contributed by atoms with Crippen LogP contribution in [0.5, 0.6) is 0 Å². The summed E-state index contributed by atoms with van der Waals surface area (Å²) in [6.07, 6.45) is 2.59. The van der Waals surface area contributed by atoms with Gasteiger partial charge in [0.05, 0.1) is 16.0 Å². The van der Waals surface area contributed by atoms with Crippen LogP contribution in [0.3, 0.4) is 0 Å². The van der Waals surface area contributed by atoms with E-state index in [0.29, 0.717) is 11.7 Å². The molecule has 0 fully saturated rings. The maximum atomic E-state index is 12.2. The lowest BCUT2D eigenvalue weighted by Gasteiger charge is -2.06. The molecule has 0 atom stereocenters. The van der Waals surface area contributed by atoms with Crippen molar-refractivity contribution in [3.05, 3.63) is 42.7 Å². The van der Waals surface area contributed by atoms with Gasteiger partial charge in [0.2, 0.25) is 5.91 Å². The minimum absolute atomic E-state index is 0.106. The maximum Gasteiger partial charge on any atom is 0.236 e. The molecule has 0 spiro atoms. The number of para-hydroxylation sites is 1. The van der Waals surface area contributed by atoms with E-state index in [-0.39, 0.29) is 11.7 Å². The minimum atomic E-state index is -0.106. The van der Waals surface area contributed by atoms with Crippen molar-refractivity contribution in [2.75, 3.05) is 11.1 Å². The van der Waals surface area contributed by atoms with Crippen molar-refractivity contribution in [3.8, 4) is 0 Å². The van der Waals surface area contributed by atoms with E-state index in [2.05, 4.69) is 27.1 Å². The van der Waals surface area contributed by atoms with Crippen molar-refractivity contribution in [2.24, 2.45) is 0 Å². The standard InChI is InChI=1S/C16H17N5OS2/c1-3-9-21-13(4-2)19-20-16(21)23-10-14(22)18-15-17-11-7-5-6-8-12(11)24-15/h3,5-8H,1,4,9-10H2,2H3,(H,17,18,22). The Bertz CT molecular complexity index is 837. The molecule has 1 aromatic carbocycles. The molecule has 0 saturated carbocycles. The number of thioether (sulfide) groups is 1. The van der Waals surface area contributed by atoms with Crippen molar-refractivity contribution in [1.29, 1.82) is 0 Å². The highest BCUT2D eigenvalue weighted by Crippen LogP contribution is 2.25. The Kier molecular flexibility index (Phi) is 5.27. The zero-order valence-corrected chi connectivity index (χ0v) is 14.9. The number of anilines is 1. The summed E-state index contributed by atoms with van der Waals surface area (Å²) < 4.78 is 3.03. The van der Waals surface area contributed by atoms with Crippen LogP contribution in [-0.2, 0) is 17.8 Å². The van der Waals surface area contributed by atoms with E-state index < -0.39 is 0 Å². The molecule has 0 aliphatic heterocycles. The number of aryl methyl sites for hydroxylation is 1. The van der Waals surface area contributed by atoms with Gasteiger partial charge in [-0.15, -0.1) is 16.8 Å². The van der Waals surface area contributed by atoms with Gasteiger partial charge in [-0.2, -0.15) is 0 Å². The number of benzene rings is 1. The average molecular weight is 359 g/mol. The van der Waals surface area contributed by atoms with Gasteiger partial charge in [-0.05, 0) is 12.1 Å². The van der Waals surface area contributed by atoms with Gasteiger partial charge in [-0.3, -0.25) is 4.79 Å². The van der Waals surface area contributed by atoms with Crippen LogP contribution in [0, 0.1) is 0 Å². The molecule has 1 amide bonds. The van der Waals surface area contributed by atoms with Crippen LogP contribution in [0.4, 0.5) is 5.13 Å². The van der Waals surface area contributed by atoms with Crippen molar-refractivity contribution < 1.29 is 4.79 Å². The van der Waals surface area contributed by atoms with E-state index >= 15 is 0 Å². The molecular weight excluding hydrogens is 342 g/mol. The quantitative estimate of drug-likeness (QED) is 0.517. The van der Waals surface area contributed by atoms with Gasteiger partial charge in [0.15, 0.2) is 10.3 Å². The molecule has 8 heteroatoms. The van der Waals surface area contributed by atoms with Crippen LogP contribution in [0.1, 0.15) is 12.7 Å². The van der Waals surface area contributed by atoms with Gasteiger partial charge >= 0.3 is 0 Å². The second kappa shape index (κ2) is 7.59. The van der Waals surface area contributed by atoms with Crippen molar-refractivity contribution in [1.82, 2.24) is 19.7 Å². The number of hydrogen-bond acceptors (Lipinski definition) is 6. The topological polar surface area (TPSA) is 72.7 Å². The van der Waals surface area contributed by atoms with Gasteiger partial charge in [-0.1, -0.05) is 48.2 Å². The van der Waals surface area contributed by atoms with E-state index in [0.717, 1.165) is 27.6 Å². The second-order valence-electron chi connectivity index (χ2n) is 4.98. The number of amides is 1. The lowest BCUT2D eigenvalue weighted by Crippen LogP contribution is -2.14. The van der Waals surface area contributed by atoms with Crippen LogP contribution in [0.2, 0.25) is 0 Å². The number of rotatable bonds is 7. The molecule has 0 aliphatic carbocycles. The number of carbonyl (C=O) groups excluding carboxylic acids is 1. The fraction of sp³-hybridized carbons (Fsp3) is 0.250. The molecule has 3 rings (SSSR count). The third-order valence-electron chi connectivity index (χ3n) is 3.29. The smallest absolute Gasteiger partial charge is 0.236 e. The number of allylic oxidation sites excluding steroid dienone is 1. The molecule has 2 aromatic heterocycles. The number of fused-ring (bicyclic) bond motifs is 1. The summed E-state index contributed by atoms with van der Waals surface area (Å²) in [6, 6.07) is 7.81. The van der Waals surface area contributed by atoms with E-state index in [1.807, 2.05) is 35.8 Å². The monoisotopic (exact) mass is 359 g/mol. The summed E-state index contributed by atoms with van der Waals surface area (Å²) in [6.45, 7) is 6.41. The molecule has 0 aliphatic rings. The third-order valence-corrected chi connectivity index (χ3v) is 5.21. The molecule has 3 aromatic rings. The number of hydrogen-bond donors (Lipinski definition) is 1. The molecule has 24 heavy (non-hydrogen) atoms. The highest BCUT2D eigenvalue weighted by Gasteiger charge is 2.13. The highest BCUT2D eigenvalue weighted by molar-refractivity contribution is 7.99. The van der Waals surface area contributed by atoms with E-state index in [1.54, 1.807) is 6.08 Å². The van der Waals surface area contributed by atoms with E-state index in [4.69, 9.17) is 0 Å². The molecule has 0 bridgehead atoms. The molecule has 2 heterocycles. The molecule has 0 unspecified atom stereocenters. The highest BCUT2D eigenvalue weighted by atomic mass is 32.2. The molecule has 0 radical (unpaired) electrons. The maximum absolute atomic E-state index is 12.2. The minimum Gasteiger partial charge on any atom is -0.302 e. The van der Waals surface area contributed by atoms with Gasteiger partial charge < -0.3 is 9.88 Å². The Hall–Kier alpha value is -2.19. The largest absolute Gasteiger partial charge is 0.302 e. The number of carbonyl (C=O) groups is 1. The lowest BCUT2D eigenvalue weighted by atomic mass is 10.3. The van der Waals surface area contributed by atoms with E-state index in [1.165, 1.54) is 23.1 Å². The Morgan fingerprint density at radius 2 is 2.25 bits per heavy atom. The van der Waals surface area contributed by atoms with Gasteiger partial charge in [0, 0.05) is 13.0 Å². The number of nitrogens with zero attached hydrogens (tertiary/aromatic N) is 4. The summed E-state index contributed by atoms with van der Waals surface area (Å²) in [7, 11) is 0. The van der Waals surface area contributed by atoms with Crippen LogP contribution >= 0.6 is 23.1 Å². The van der Waals surface area contributed by atoms with Crippen LogP contribution in [0.15, 0.2) is 42.1 Å².